The normalized spacial score (nSPS) is 15.4. The summed E-state index contributed by atoms with van der Waals surface area (Å²) in [5.74, 6) is -0.141. The molecule has 6 nitrogen and oxygen atoms in total. The van der Waals surface area contributed by atoms with Gasteiger partial charge in [-0.2, -0.15) is 0 Å². The van der Waals surface area contributed by atoms with Crippen molar-refractivity contribution >= 4 is 6.03 Å². The molecule has 39 heavy (non-hydrogen) atoms. The van der Waals surface area contributed by atoms with Crippen molar-refractivity contribution in [3.63, 3.8) is 0 Å². The summed E-state index contributed by atoms with van der Waals surface area (Å²) in [6.45, 7) is 7.29. The summed E-state index contributed by atoms with van der Waals surface area (Å²) >= 11 is 0. The molecular formula is C30H38F3N5O. The molecular weight excluding hydrogens is 503 g/mol. The number of carbonyl (C=O) groups is 1. The first-order chi connectivity index (χ1) is 18.6. The molecule has 4 rings (SSSR count). The van der Waals surface area contributed by atoms with Gasteiger partial charge in [-0.25, -0.2) is 22.9 Å². The monoisotopic (exact) mass is 541 g/mol. The maximum Gasteiger partial charge on any atom is 0.320 e. The quantitative estimate of drug-likeness (QED) is 0.352. The van der Waals surface area contributed by atoms with Crippen molar-refractivity contribution in [2.75, 3.05) is 26.3 Å². The molecule has 2 aromatic carbocycles. The van der Waals surface area contributed by atoms with Gasteiger partial charge in [0, 0.05) is 44.0 Å². The largest absolute Gasteiger partial charge is 0.328 e. The second-order valence-corrected chi connectivity index (χ2v) is 11.4. The van der Waals surface area contributed by atoms with Gasteiger partial charge >= 0.3 is 6.03 Å². The summed E-state index contributed by atoms with van der Waals surface area (Å²) in [6, 6.07) is 11.2. The Balaban J connectivity index is 1.84. The van der Waals surface area contributed by atoms with E-state index in [1.54, 1.807) is 23.1 Å². The molecule has 0 unspecified atom stereocenters. The molecule has 0 radical (unpaired) electrons. The summed E-state index contributed by atoms with van der Waals surface area (Å²) in [7, 11) is 0. The average molecular weight is 542 g/mol. The van der Waals surface area contributed by atoms with E-state index in [9.17, 15) is 18.0 Å². The zero-order chi connectivity index (χ0) is 28.2. The molecule has 1 saturated heterocycles. The van der Waals surface area contributed by atoms with Gasteiger partial charge in [0.25, 0.3) is 0 Å². The molecule has 0 bridgehead atoms. The highest BCUT2D eigenvalue weighted by Gasteiger charge is 2.40. The van der Waals surface area contributed by atoms with Gasteiger partial charge in [0.15, 0.2) is 0 Å². The Morgan fingerprint density at radius 3 is 2.36 bits per heavy atom. The smallest absolute Gasteiger partial charge is 0.320 e. The number of nitrogens with two attached hydrogens (primary N) is 1. The molecule has 0 saturated carbocycles. The number of urea groups is 1. The fourth-order valence-electron chi connectivity index (χ4n) is 5.20. The third kappa shape index (κ3) is 7.01. The van der Waals surface area contributed by atoms with Crippen LogP contribution in [-0.4, -0.2) is 57.7 Å². The van der Waals surface area contributed by atoms with Crippen molar-refractivity contribution in [2.45, 2.75) is 58.7 Å². The van der Waals surface area contributed by atoms with Gasteiger partial charge in [-0.05, 0) is 54.5 Å². The number of alkyl halides is 1. The third-order valence-electron chi connectivity index (χ3n) is 7.11. The van der Waals surface area contributed by atoms with Crippen LogP contribution >= 0.6 is 0 Å². The number of carbonyl (C=O) groups excluding carboxylic acids is 1. The predicted molar refractivity (Wildman–Crippen MR) is 147 cm³/mol. The van der Waals surface area contributed by atoms with Crippen LogP contribution in [-0.2, 0) is 6.54 Å². The van der Waals surface area contributed by atoms with Gasteiger partial charge in [0.1, 0.15) is 24.1 Å². The summed E-state index contributed by atoms with van der Waals surface area (Å²) < 4.78 is 43.5. The third-order valence-corrected chi connectivity index (χ3v) is 7.11. The summed E-state index contributed by atoms with van der Waals surface area (Å²) in [4.78, 5) is 22.5. The van der Waals surface area contributed by atoms with Crippen molar-refractivity contribution in [3.8, 4) is 11.3 Å². The van der Waals surface area contributed by atoms with E-state index in [4.69, 9.17) is 10.7 Å². The van der Waals surface area contributed by atoms with Crippen LogP contribution in [0.3, 0.4) is 0 Å². The van der Waals surface area contributed by atoms with Gasteiger partial charge in [0.05, 0.1) is 11.7 Å². The number of hydrogen-bond acceptors (Lipinski definition) is 3. The predicted octanol–water partition coefficient (Wildman–Crippen LogP) is 6.17. The van der Waals surface area contributed by atoms with Crippen LogP contribution in [0.2, 0.25) is 0 Å². The molecule has 2 N–H and O–H groups in total. The van der Waals surface area contributed by atoms with Crippen LogP contribution in [0, 0.1) is 17.0 Å². The van der Waals surface area contributed by atoms with Crippen LogP contribution in [0.25, 0.3) is 11.3 Å². The SMILES string of the molecule is CC(C)(C)[C@H](c1nc(-c2cccc(F)c2)cn1Cc1cccc(F)c1)N(CC[C@@H](N)CF)C(=O)N1CCCC1. The lowest BCUT2D eigenvalue weighted by Crippen LogP contribution is -2.49. The number of likely N-dealkylation sites (tertiary alicyclic amines) is 1. The van der Waals surface area contributed by atoms with E-state index in [0.717, 1.165) is 18.4 Å². The van der Waals surface area contributed by atoms with Gasteiger partial charge in [-0.3, -0.25) is 0 Å². The summed E-state index contributed by atoms with van der Waals surface area (Å²) in [6.07, 6.45) is 3.98. The van der Waals surface area contributed by atoms with Crippen molar-refractivity contribution in [3.05, 3.63) is 77.8 Å². The number of hydrogen-bond donors (Lipinski definition) is 1. The van der Waals surface area contributed by atoms with Crippen LogP contribution in [0.1, 0.15) is 57.5 Å². The Kier molecular flexibility index (Phi) is 9.00. The van der Waals surface area contributed by atoms with E-state index in [0.29, 0.717) is 43.1 Å². The van der Waals surface area contributed by atoms with Crippen LogP contribution < -0.4 is 5.73 Å². The standard InChI is InChI=1S/C30H38F3N5O/c1-30(2,3)27(38(15-12-25(34)18-31)29(39)36-13-4-5-14-36)28-35-26(22-9-7-11-24(33)17-22)20-37(28)19-21-8-6-10-23(32)16-21/h6-11,16-17,20,25,27H,4-5,12-15,18-19,34H2,1-3H3/t25-,27+/m1/s1. The first-order valence-corrected chi connectivity index (χ1v) is 13.5. The molecule has 2 heterocycles. The Morgan fingerprint density at radius 1 is 1.08 bits per heavy atom. The zero-order valence-electron chi connectivity index (χ0n) is 22.9. The second kappa shape index (κ2) is 12.2. The van der Waals surface area contributed by atoms with Crippen molar-refractivity contribution in [1.82, 2.24) is 19.4 Å². The molecule has 0 spiro atoms. The number of aromatic nitrogens is 2. The number of imidazole rings is 1. The highest BCUT2D eigenvalue weighted by Crippen LogP contribution is 2.40. The van der Waals surface area contributed by atoms with Gasteiger partial charge in [-0.1, -0.05) is 45.0 Å². The molecule has 1 fully saturated rings. The van der Waals surface area contributed by atoms with E-state index in [2.05, 4.69) is 0 Å². The average Bonchev–Trinajstić information content (AvgIpc) is 3.56. The molecule has 2 amide bonds. The molecule has 1 aliphatic heterocycles. The molecule has 2 atom stereocenters. The summed E-state index contributed by atoms with van der Waals surface area (Å²) in [5, 5.41) is 0. The topological polar surface area (TPSA) is 67.4 Å². The lowest BCUT2D eigenvalue weighted by Gasteiger charge is -2.41. The number of amides is 2. The van der Waals surface area contributed by atoms with Crippen LogP contribution in [0.15, 0.2) is 54.7 Å². The fourth-order valence-corrected chi connectivity index (χ4v) is 5.20. The number of benzene rings is 2. The van der Waals surface area contributed by atoms with Crippen molar-refractivity contribution < 1.29 is 18.0 Å². The minimum atomic E-state index is -0.686. The number of nitrogens with zero attached hydrogens (tertiary/aromatic N) is 4. The molecule has 1 aromatic heterocycles. The first-order valence-electron chi connectivity index (χ1n) is 13.5. The minimum absolute atomic E-state index is 0.133. The maximum absolute atomic E-state index is 14.1. The zero-order valence-corrected chi connectivity index (χ0v) is 22.9. The second-order valence-electron chi connectivity index (χ2n) is 11.4. The van der Waals surface area contributed by atoms with Crippen LogP contribution in [0.5, 0.6) is 0 Å². The van der Waals surface area contributed by atoms with Gasteiger partial charge < -0.3 is 20.1 Å². The van der Waals surface area contributed by atoms with E-state index >= 15 is 0 Å². The maximum atomic E-state index is 14.1. The highest BCUT2D eigenvalue weighted by molar-refractivity contribution is 5.75. The molecule has 0 aliphatic carbocycles. The Labute approximate surface area is 228 Å². The lowest BCUT2D eigenvalue weighted by molar-refractivity contribution is 0.0855. The van der Waals surface area contributed by atoms with E-state index < -0.39 is 24.2 Å². The van der Waals surface area contributed by atoms with Gasteiger partial charge in [-0.15, -0.1) is 0 Å². The highest BCUT2D eigenvalue weighted by atomic mass is 19.1. The molecule has 3 aromatic rings. The van der Waals surface area contributed by atoms with E-state index in [-0.39, 0.29) is 24.2 Å². The van der Waals surface area contributed by atoms with E-state index in [1.807, 2.05) is 42.5 Å². The lowest BCUT2D eigenvalue weighted by atomic mass is 9.84. The van der Waals surface area contributed by atoms with E-state index in [1.165, 1.54) is 24.3 Å². The Morgan fingerprint density at radius 2 is 1.74 bits per heavy atom. The Hall–Kier alpha value is -3.33. The molecule has 210 valence electrons. The fraction of sp³-hybridized carbons (Fsp3) is 0.467. The molecule has 9 heteroatoms. The van der Waals surface area contributed by atoms with Crippen LogP contribution in [0.4, 0.5) is 18.0 Å². The first kappa shape index (κ1) is 28.7. The number of halogens is 3. The molecule has 1 aliphatic rings. The summed E-state index contributed by atoms with van der Waals surface area (Å²) in [5.41, 5.74) is 7.33. The van der Waals surface area contributed by atoms with Crippen molar-refractivity contribution in [2.24, 2.45) is 11.1 Å². The minimum Gasteiger partial charge on any atom is -0.328 e. The van der Waals surface area contributed by atoms with Gasteiger partial charge in [0.2, 0.25) is 0 Å². The van der Waals surface area contributed by atoms with Crippen molar-refractivity contribution in [1.29, 1.82) is 0 Å². The Bertz CT molecular complexity index is 1270. The number of rotatable bonds is 9.